The zero-order valence-electron chi connectivity index (χ0n) is 12.5. The van der Waals surface area contributed by atoms with Crippen LogP contribution >= 0.6 is 0 Å². The number of ether oxygens (including phenoxy) is 1. The summed E-state index contributed by atoms with van der Waals surface area (Å²) in [5.41, 5.74) is 7.02. The van der Waals surface area contributed by atoms with Crippen LogP contribution in [0.3, 0.4) is 0 Å². The maximum absolute atomic E-state index is 11.9. The van der Waals surface area contributed by atoms with Crippen LogP contribution in [0, 0.1) is 5.41 Å². The molecule has 21 heavy (non-hydrogen) atoms. The van der Waals surface area contributed by atoms with Gasteiger partial charge in [0.1, 0.15) is 0 Å². The van der Waals surface area contributed by atoms with Crippen molar-refractivity contribution in [2.24, 2.45) is 5.41 Å². The minimum atomic E-state index is -0.444. The number of esters is 1. The molecule has 1 saturated carbocycles. The van der Waals surface area contributed by atoms with Gasteiger partial charge in [-0.2, -0.15) is 0 Å². The Bertz CT molecular complexity index is 536. The van der Waals surface area contributed by atoms with Gasteiger partial charge in [0.05, 0.1) is 12.5 Å². The fraction of sp³-hybridized carbons (Fsp3) is 0.500. The summed E-state index contributed by atoms with van der Waals surface area (Å²) in [6, 6.07) is 7.62. The maximum atomic E-state index is 11.9. The molecule has 1 aromatic carbocycles. The number of nitrogens with two attached hydrogens (primary N) is 1. The van der Waals surface area contributed by atoms with Crippen molar-refractivity contribution in [3.63, 3.8) is 0 Å². The summed E-state index contributed by atoms with van der Waals surface area (Å²) in [4.78, 5) is 23.4. The number of amides is 1. The lowest BCUT2D eigenvalue weighted by molar-refractivity contribution is -0.159. The average molecular weight is 290 g/mol. The zero-order valence-corrected chi connectivity index (χ0v) is 12.5. The summed E-state index contributed by atoms with van der Waals surface area (Å²) in [6.45, 7) is 1.87. The molecule has 0 spiro atoms. The maximum Gasteiger partial charge on any atom is 0.311 e. The predicted octanol–water partition coefficient (Wildman–Crippen LogP) is 1.66. The van der Waals surface area contributed by atoms with Crippen LogP contribution in [0.2, 0.25) is 0 Å². The first-order valence-corrected chi connectivity index (χ1v) is 7.15. The first kappa shape index (κ1) is 15.4. The molecule has 5 heteroatoms. The van der Waals surface area contributed by atoms with Crippen LogP contribution < -0.4 is 11.1 Å². The normalized spacial score (nSPS) is 24.0. The Morgan fingerprint density at radius 2 is 2.14 bits per heavy atom. The van der Waals surface area contributed by atoms with E-state index in [-0.39, 0.29) is 17.9 Å². The van der Waals surface area contributed by atoms with Crippen LogP contribution in [0.4, 0.5) is 5.69 Å². The fourth-order valence-corrected chi connectivity index (χ4v) is 2.85. The van der Waals surface area contributed by atoms with Gasteiger partial charge in [0, 0.05) is 18.2 Å². The van der Waals surface area contributed by atoms with Crippen molar-refractivity contribution in [2.75, 3.05) is 12.8 Å². The molecule has 2 rings (SSSR count). The molecule has 0 atom stereocenters. The average Bonchev–Trinajstić information content (AvgIpc) is 2.42. The van der Waals surface area contributed by atoms with E-state index in [9.17, 15) is 9.59 Å². The molecule has 1 fully saturated rings. The number of nitrogens with one attached hydrogen (secondary N) is 1. The van der Waals surface area contributed by atoms with E-state index in [1.165, 1.54) is 7.11 Å². The van der Waals surface area contributed by atoms with Crippen molar-refractivity contribution >= 4 is 17.6 Å². The molecule has 0 heterocycles. The number of carbonyl (C=O) groups excluding carboxylic acids is 2. The Kier molecular flexibility index (Phi) is 4.50. The molecule has 1 aromatic rings. The van der Waals surface area contributed by atoms with Crippen LogP contribution in [0.5, 0.6) is 0 Å². The van der Waals surface area contributed by atoms with Gasteiger partial charge in [0.2, 0.25) is 5.91 Å². The Morgan fingerprint density at radius 3 is 2.76 bits per heavy atom. The van der Waals surface area contributed by atoms with Crippen molar-refractivity contribution in [3.05, 3.63) is 29.8 Å². The molecule has 1 aliphatic carbocycles. The Hall–Kier alpha value is -2.04. The summed E-state index contributed by atoms with van der Waals surface area (Å²) < 4.78 is 4.76. The lowest BCUT2D eigenvalue weighted by Gasteiger charge is -2.42. The molecule has 5 nitrogen and oxygen atoms in total. The number of methoxy groups -OCH3 is 1. The third-order valence-electron chi connectivity index (χ3n) is 4.03. The minimum absolute atomic E-state index is 0.00865. The molecule has 0 aromatic heterocycles. The number of nitrogen functional groups attached to an aromatic ring is 1. The number of hydrogen-bond donors (Lipinski definition) is 2. The lowest BCUT2D eigenvalue weighted by atomic mass is 9.67. The number of aryl methyl sites for hydroxylation is 1. The molecule has 0 unspecified atom stereocenters. The van der Waals surface area contributed by atoms with Gasteiger partial charge in [-0.05, 0) is 43.9 Å². The Morgan fingerprint density at radius 1 is 1.43 bits per heavy atom. The third-order valence-corrected chi connectivity index (χ3v) is 4.03. The number of hydrogen-bond acceptors (Lipinski definition) is 4. The van der Waals surface area contributed by atoms with E-state index in [0.717, 1.165) is 5.56 Å². The summed E-state index contributed by atoms with van der Waals surface area (Å²) in [5, 5.41) is 2.96. The highest BCUT2D eigenvalue weighted by molar-refractivity contribution is 5.80. The van der Waals surface area contributed by atoms with E-state index in [1.807, 2.05) is 31.2 Å². The Balaban J connectivity index is 1.73. The van der Waals surface area contributed by atoms with Crippen molar-refractivity contribution in [1.29, 1.82) is 0 Å². The highest BCUT2D eigenvalue weighted by Gasteiger charge is 2.47. The number of carbonyl (C=O) groups is 2. The van der Waals surface area contributed by atoms with E-state index in [1.54, 1.807) is 0 Å². The van der Waals surface area contributed by atoms with Crippen LogP contribution in [0.15, 0.2) is 24.3 Å². The molecule has 0 aliphatic heterocycles. The van der Waals surface area contributed by atoms with Gasteiger partial charge in [-0.15, -0.1) is 0 Å². The lowest BCUT2D eigenvalue weighted by Crippen LogP contribution is -2.53. The third kappa shape index (κ3) is 3.74. The molecule has 114 valence electrons. The molecule has 1 amide bonds. The van der Waals surface area contributed by atoms with Crippen molar-refractivity contribution in [1.82, 2.24) is 5.32 Å². The second-order valence-electron chi connectivity index (χ2n) is 5.97. The largest absolute Gasteiger partial charge is 0.469 e. The van der Waals surface area contributed by atoms with Crippen molar-refractivity contribution in [3.8, 4) is 0 Å². The Labute approximate surface area is 124 Å². The van der Waals surface area contributed by atoms with Gasteiger partial charge in [-0.3, -0.25) is 9.59 Å². The van der Waals surface area contributed by atoms with Gasteiger partial charge >= 0.3 is 5.97 Å². The quantitative estimate of drug-likeness (QED) is 0.638. The van der Waals surface area contributed by atoms with E-state index in [2.05, 4.69) is 5.32 Å². The number of anilines is 1. The standard InChI is InChI=1S/C16H22N2O3/c1-16(15(20)21-2)9-13(10-16)18-14(19)7-6-11-4-3-5-12(17)8-11/h3-5,8,13H,6-7,9-10,17H2,1-2H3,(H,18,19). The van der Waals surface area contributed by atoms with E-state index >= 15 is 0 Å². The van der Waals surface area contributed by atoms with Gasteiger partial charge in [-0.1, -0.05) is 12.1 Å². The summed E-state index contributed by atoms with van der Waals surface area (Å²) in [7, 11) is 1.39. The molecule has 0 bridgehead atoms. The molecule has 0 radical (unpaired) electrons. The van der Waals surface area contributed by atoms with E-state index < -0.39 is 5.41 Å². The molecule has 1 aliphatic rings. The summed E-state index contributed by atoms with van der Waals surface area (Å²) in [5.74, 6) is -0.192. The minimum Gasteiger partial charge on any atom is -0.469 e. The summed E-state index contributed by atoms with van der Waals surface area (Å²) >= 11 is 0. The highest BCUT2D eigenvalue weighted by Crippen LogP contribution is 2.41. The van der Waals surface area contributed by atoms with Crippen molar-refractivity contribution < 1.29 is 14.3 Å². The topological polar surface area (TPSA) is 81.4 Å². The zero-order chi connectivity index (χ0) is 15.5. The molecular weight excluding hydrogens is 268 g/mol. The number of benzene rings is 1. The smallest absolute Gasteiger partial charge is 0.311 e. The summed E-state index contributed by atoms with van der Waals surface area (Å²) in [6.07, 6.45) is 2.38. The first-order chi connectivity index (χ1) is 9.93. The van der Waals surface area contributed by atoms with Crippen LogP contribution in [-0.2, 0) is 20.7 Å². The van der Waals surface area contributed by atoms with Gasteiger partial charge in [0.25, 0.3) is 0 Å². The predicted molar refractivity (Wildman–Crippen MR) is 80.5 cm³/mol. The first-order valence-electron chi connectivity index (χ1n) is 7.15. The SMILES string of the molecule is COC(=O)C1(C)CC(NC(=O)CCc2cccc(N)c2)C1. The van der Waals surface area contributed by atoms with Gasteiger partial charge in [0.15, 0.2) is 0 Å². The molecular formula is C16H22N2O3. The molecule has 3 N–H and O–H groups in total. The fourth-order valence-electron chi connectivity index (χ4n) is 2.85. The van der Waals surface area contributed by atoms with E-state index in [4.69, 9.17) is 10.5 Å². The highest BCUT2D eigenvalue weighted by atomic mass is 16.5. The van der Waals surface area contributed by atoms with Crippen molar-refractivity contribution in [2.45, 2.75) is 38.6 Å². The van der Waals surface area contributed by atoms with Crippen LogP contribution in [0.1, 0.15) is 31.7 Å². The number of rotatable bonds is 5. The van der Waals surface area contributed by atoms with E-state index in [0.29, 0.717) is 31.4 Å². The second kappa shape index (κ2) is 6.16. The van der Waals surface area contributed by atoms with Crippen LogP contribution in [-0.4, -0.2) is 25.0 Å². The second-order valence-corrected chi connectivity index (χ2v) is 5.97. The van der Waals surface area contributed by atoms with Gasteiger partial charge in [-0.25, -0.2) is 0 Å². The molecule has 0 saturated heterocycles. The van der Waals surface area contributed by atoms with Crippen LogP contribution in [0.25, 0.3) is 0 Å². The van der Waals surface area contributed by atoms with Gasteiger partial charge < -0.3 is 15.8 Å². The monoisotopic (exact) mass is 290 g/mol.